The molecule has 1 atom stereocenters. The van der Waals surface area contributed by atoms with Crippen molar-refractivity contribution in [3.8, 4) is 0 Å². The molecule has 1 saturated heterocycles. The Labute approximate surface area is 143 Å². The van der Waals surface area contributed by atoms with Gasteiger partial charge in [0.2, 0.25) is 0 Å². The number of anilines is 1. The van der Waals surface area contributed by atoms with Crippen LogP contribution in [0.3, 0.4) is 0 Å². The number of piperidine rings is 1. The van der Waals surface area contributed by atoms with Gasteiger partial charge in [-0.15, -0.1) is 0 Å². The van der Waals surface area contributed by atoms with Crippen molar-refractivity contribution in [1.82, 2.24) is 19.5 Å². The molecule has 0 amide bonds. The van der Waals surface area contributed by atoms with Crippen molar-refractivity contribution in [2.45, 2.75) is 57.4 Å². The Morgan fingerprint density at radius 1 is 1.04 bits per heavy atom. The number of aromatic nitrogens is 4. The van der Waals surface area contributed by atoms with E-state index in [0.717, 1.165) is 38.4 Å². The molecule has 2 aromatic rings. The van der Waals surface area contributed by atoms with Crippen molar-refractivity contribution in [1.29, 1.82) is 0 Å². The summed E-state index contributed by atoms with van der Waals surface area (Å²) in [5.74, 6) is 3.90. The highest BCUT2D eigenvalue weighted by atomic mass is 15.2. The lowest BCUT2D eigenvalue weighted by Gasteiger charge is -2.34. The standard InChI is InChI=1S/C19H25N5/c1-4-16-17(5-1)21-13-22-19(16)23-9-2-3-15(12-23)18-20-8-10-24(18)11-14-6-7-14/h8,10,13-15H,1-7,9,11-12H2. The van der Waals surface area contributed by atoms with Crippen LogP contribution in [0.2, 0.25) is 0 Å². The Kier molecular flexibility index (Phi) is 3.53. The minimum absolute atomic E-state index is 0.527. The van der Waals surface area contributed by atoms with Crippen LogP contribution in [0.4, 0.5) is 5.82 Å². The van der Waals surface area contributed by atoms with Crippen LogP contribution in [0.1, 0.15) is 55.1 Å². The lowest BCUT2D eigenvalue weighted by atomic mass is 9.96. The average molecular weight is 323 g/mol. The van der Waals surface area contributed by atoms with Crippen LogP contribution in [0.25, 0.3) is 0 Å². The molecular formula is C19H25N5. The average Bonchev–Trinajstić information content (AvgIpc) is 3.10. The van der Waals surface area contributed by atoms with Crippen molar-refractivity contribution < 1.29 is 0 Å². The van der Waals surface area contributed by atoms with E-state index >= 15 is 0 Å². The fourth-order valence-corrected chi connectivity index (χ4v) is 4.41. The zero-order valence-electron chi connectivity index (χ0n) is 14.2. The molecule has 0 radical (unpaired) electrons. The highest BCUT2D eigenvalue weighted by molar-refractivity contribution is 5.51. The maximum atomic E-state index is 4.72. The number of hydrogen-bond donors (Lipinski definition) is 0. The monoisotopic (exact) mass is 323 g/mol. The van der Waals surface area contributed by atoms with Crippen LogP contribution in [0.15, 0.2) is 18.7 Å². The van der Waals surface area contributed by atoms with Gasteiger partial charge in [0.05, 0.1) is 0 Å². The molecule has 3 aliphatic rings. The number of fused-ring (bicyclic) bond motifs is 1. The van der Waals surface area contributed by atoms with Crippen LogP contribution in [-0.4, -0.2) is 32.6 Å². The van der Waals surface area contributed by atoms with Crippen LogP contribution >= 0.6 is 0 Å². The Bertz CT molecular complexity index is 733. The Balaban J connectivity index is 1.39. The lowest BCUT2D eigenvalue weighted by molar-refractivity contribution is 0.461. The maximum Gasteiger partial charge on any atom is 0.135 e. The molecule has 5 nitrogen and oxygen atoms in total. The second-order valence-corrected chi connectivity index (χ2v) is 7.64. The zero-order valence-corrected chi connectivity index (χ0v) is 14.2. The van der Waals surface area contributed by atoms with Crippen molar-refractivity contribution >= 4 is 5.82 Å². The molecule has 5 rings (SSSR count). The predicted octanol–water partition coefficient (Wildman–Crippen LogP) is 2.96. The van der Waals surface area contributed by atoms with Crippen molar-refractivity contribution in [2.24, 2.45) is 5.92 Å². The molecule has 2 fully saturated rings. The van der Waals surface area contributed by atoms with E-state index in [0.29, 0.717) is 5.92 Å². The number of nitrogens with zero attached hydrogens (tertiary/aromatic N) is 5. The molecule has 1 aliphatic heterocycles. The van der Waals surface area contributed by atoms with Gasteiger partial charge in [0.25, 0.3) is 0 Å². The van der Waals surface area contributed by atoms with E-state index in [2.05, 4.69) is 25.6 Å². The molecule has 0 spiro atoms. The lowest BCUT2D eigenvalue weighted by Crippen LogP contribution is -2.36. The predicted molar refractivity (Wildman–Crippen MR) is 93.2 cm³/mol. The highest BCUT2D eigenvalue weighted by Crippen LogP contribution is 2.35. The van der Waals surface area contributed by atoms with Gasteiger partial charge in [-0.3, -0.25) is 0 Å². The van der Waals surface area contributed by atoms with Gasteiger partial charge < -0.3 is 9.47 Å². The SMILES string of the molecule is c1nc2c(c(N3CCCC(c4nccn4CC4CC4)C3)n1)CCC2. The topological polar surface area (TPSA) is 46.8 Å². The molecular weight excluding hydrogens is 298 g/mol. The van der Waals surface area contributed by atoms with E-state index in [1.807, 2.05) is 6.20 Å². The third kappa shape index (κ3) is 2.60. The molecule has 5 heteroatoms. The van der Waals surface area contributed by atoms with Crippen molar-refractivity contribution in [3.63, 3.8) is 0 Å². The molecule has 1 saturated carbocycles. The summed E-state index contributed by atoms with van der Waals surface area (Å²) < 4.78 is 2.41. The summed E-state index contributed by atoms with van der Waals surface area (Å²) in [5, 5.41) is 0. The summed E-state index contributed by atoms with van der Waals surface area (Å²) in [6.07, 6.45) is 14.7. The van der Waals surface area contributed by atoms with Crippen LogP contribution in [-0.2, 0) is 19.4 Å². The molecule has 126 valence electrons. The number of aryl methyl sites for hydroxylation is 1. The molecule has 0 bridgehead atoms. The minimum Gasteiger partial charge on any atom is -0.356 e. The summed E-state index contributed by atoms with van der Waals surface area (Å²) in [6, 6.07) is 0. The van der Waals surface area contributed by atoms with E-state index < -0.39 is 0 Å². The van der Waals surface area contributed by atoms with Gasteiger partial charge in [-0.2, -0.15) is 0 Å². The normalized spacial score (nSPS) is 23.5. The largest absolute Gasteiger partial charge is 0.356 e. The molecule has 0 aromatic carbocycles. The fraction of sp³-hybridized carbons (Fsp3) is 0.632. The Morgan fingerprint density at radius 2 is 2.00 bits per heavy atom. The van der Waals surface area contributed by atoms with E-state index in [4.69, 9.17) is 4.98 Å². The van der Waals surface area contributed by atoms with E-state index in [1.165, 1.54) is 55.0 Å². The second-order valence-electron chi connectivity index (χ2n) is 7.64. The minimum atomic E-state index is 0.527. The number of rotatable bonds is 4. The van der Waals surface area contributed by atoms with Gasteiger partial charge in [-0.05, 0) is 50.9 Å². The maximum absolute atomic E-state index is 4.72. The third-order valence-electron chi connectivity index (χ3n) is 5.84. The first-order chi connectivity index (χ1) is 11.9. The second kappa shape index (κ2) is 5.87. The molecule has 0 N–H and O–H groups in total. The summed E-state index contributed by atoms with van der Waals surface area (Å²) in [6.45, 7) is 3.32. The zero-order chi connectivity index (χ0) is 15.9. The van der Waals surface area contributed by atoms with Gasteiger partial charge in [-0.1, -0.05) is 0 Å². The Morgan fingerprint density at radius 3 is 2.92 bits per heavy atom. The number of hydrogen-bond acceptors (Lipinski definition) is 4. The first-order valence-electron chi connectivity index (χ1n) is 9.47. The van der Waals surface area contributed by atoms with Gasteiger partial charge in [0.15, 0.2) is 0 Å². The summed E-state index contributed by atoms with van der Waals surface area (Å²) in [7, 11) is 0. The van der Waals surface area contributed by atoms with Gasteiger partial charge in [0, 0.05) is 49.2 Å². The van der Waals surface area contributed by atoms with Gasteiger partial charge in [0.1, 0.15) is 18.0 Å². The first-order valence-corrected chi connectivity index (χ1v) is 9.47. The van der Waals surface area contributed by atoms with Crippen molar-refractivity contribution in [2.75, 3.05) is 18.0 Å². The van der Waals surface area contributed by atoms with E-state index in [9.17, 15) is 0 Å². The first kappa shape index (κ1) is 14.4. The molecule has 3 heterocycles. The van der Waals surface area contributed by atoms with Gasteiger partial charge >= 0.3 is 0 Å². The van der Waals surface area contributed by atoms with E-state index in [-0.39, 0.29) is 0 Å². The van der Waals surface area contributed by atoms with Crippen molar-refractivity contribution in [3.05, 3.63) is 35.8 Å². The van der Waals surface area contributed by atoms with E-state index in [1.54, 1.807) is 6.33 Å². The molecule has 24 heavy (non-hydrogen) atoms. The van der Waals surface area contributed by atoms with Crippen LogP contribution in [0.5, 0.6) is 0 Å². The fourth-order valence-electron chi connectivity index (χ4n) is 4.41. The third-order valence-corrected chi connectivity index (χ3v) is 5.84. The summed E-state index contributed by atoms with van der Waals surface area (Å²) in [4.78, 5) is 16.4. The van der Waals surface area contributed by atoms with Crippen LogP contribution < -0.4 is 4.90 Å². The highest BCUT2D eigenvalue weighted by Gasteiger charge is 2.30. The molecule has 2 aliphatic carbocycles. The van der Waals surface area contributed by atoms with Crippen LogP contribution in [0, 0.1) is 5.92 Å². The van der Waals surface area contributed by atoms with Gasteiger partial charge in [-0.25, -0.2) is 15.0 Å². The number of imidazole rings is 1. The molecule has 1 unspecified atom stereocenters. The summed E-state index contributed by atoms with van der Waals surface area (Å²) in [5.41, 5.74) is 2.68. The Hall–Kier alpha value is -1.91. The molecule has 2 aromatic heterocycles. The quantitative estimate of drug-likeness (QED) is 0.868. The summed E-state index contributed by atoms with van der Waals surface area (Å²) >= 11 is 0. The smallest absolute Gasteiger partial charge is 0.135 e.